The second-order valence-corrected chi connectivity index (χ2v) is 10.4. The minimum atomic E-state index is -0.434. The number of halogens is 1. The molecular formula is C31H29ClN2O2S. The second kappa shape index (κ2) is 12.6. The normalized spacial score (nSPS) is 11.5. The molecule has 6 heteroatoms. The van der Waals surface area contributed by atoms with E-state index >= 15 is 0 Å². The average Bonchev–Trinajstić information content (AvgIpc) is 2.91. The molecule has 0 radical (unpaired) electrons. The number of carbonyl (C=O) groups excluding carboxylic acids is 2. The maximum Gasteiger partial charge on any atom is 0.242 e. The summed E-state index contributed by atoms with van der Waals surface area (Å²) in [6, 6.07) is 30.7. The predicted molar refractivity (Wildman–Crippen MR) is 154 cm³/mol. The molecule has 0 aliphatic carbocycles. The summed E-state index contributed by atoms with van der Waals surface area (Å²) in [7, 11) is 0. The fourth-order valence-electron chi connectivity index (χ4n) is 4.04. The van der Waals surface area contributed by atoms with E-state index in [0.717, 1.165) is 39.3 Å². The number of aryl methyl sites for hydroxylation is 2. The smallest absolute Gasteiger partial charge is 0.242 e. The van der Waals surface area contributed by atoms with Crippen molar-refractivity contribution >= 4 is 46.6 Å². The molecule has 188 valence electrons. The number of benzene rings is 4. The Kier molecular flexibility index (Phi) is 9.04. The van der Waals surface area contributed by atoms with Gasteiger partial charge < -0.3 is 10.6 Å². The Labute approximate surface area is 227 Å². The Morgan fingerprint density at radius 2 is 1.54 bits per heavy atom. The highest BCUT2D eigenvalue weighted by Crippen LogP contribution is 2.37. The van der Waals surface area contributed by atoms with Crippen molar-refractivity contribution in [2.75, 3.05) is 10.6 Å². The van der Waals surface area contributed by atoms with Crippen molar-refractivity contribution in [3.8, 4) is 0 Å². The Morgan fingerprint density at radius 1 is 0.838 bits per heavy atom. The molecule has 4 nitrogen and oxygen atoms in total. The van der Waals surface area contributed by atoms with Crippen LogP contribution in [0.25, 0.3) is 0 Å². The highest BCUT2D eigenvalue weighted by molar-refractivity contribution is 8.00. The largest absolute Gasteiger partial charge is 0.326 e. The number of rotatable bonds is 9. The molecule has 0 saturated heterocycles. The van der Waals surface area contributed by atoms with E-state index in [1.165, 1.54) is 11.8 Å². The first kappa shape index (κ1) is 26.5. The zero-order chi connectivity index (χ0) is 26.2. The topological polar surface area (TPSA) is 58.2 Å². The molecule has 0 heterocycles. The molecule has 0 bridgehead atoms. The summed E-state index contributed by atoms with van der Waals surface area (Å²) in [5.41, 5.74) is 5.57. The number of thioether (sulfide) groups is 1. The van der Waals surface area contributed by atoms with Gasteiger partial charge in [-0.05, 0) is 72.0 Å². The SMILES string of the molecule is CCc1cccc(C)c1NC(=O)C(Sc1ccc(NC(=O)Cc2ccc(Cl)cc2)cc1)c1ccccc1. The molecule has 0 fully saturated rings. The third-order valence-electron chi connectivity index (χ3n) is 6.00. The van der Waals surface area contributed by atoms with E-state index in [1.54, 1.807) is 12.1 Å². The van der Waals surface area contributed by atoms with Crippen LogP contribution in [-0.4, -0.2) is 11.8 Å². The fraction of sp³-hybridized carbons (Fsp3) is 0.161. The summed E-state index contributed by atoms with van der Waals surface area (Å²) < 4.78 is 0. The number of hydrogen-bond acceptors (Lipinski definition) is 3. The molecular weight excluding hydrogens is 500 g/mol. The Morgan fingerprint density at radius 3 is 2.22 bits per heavy atom. The molecule has 4 aromatic carbocycles. The van der Waals surface area contributed by atoms with Crippen molar-refractivity contribution in [3.63, 3.8) is 0 Å². The van der Waals surface area contributed by atoms with Gasteiger partial charge in [0.05, 0.1) is 6.42 Å². The highest BCUT2D eigenvalue weighted by atomic mass is 35.5. The lowest BCUT2D eigenvalue weighted by molar-refractivity contribution is -0.116. The Hall–Kier alpha value is -3.54. The van der Waals surface area contributed by atoms with E-state index in [4.69, 9.17) is 11.6 Å². The molecule has 0 aliphatic rings. The van der Waals surface area contributed by atoms with Crippen LogP contribution < -0.4 is 10.6 Å². The molecule has 1 unspecified atom stereocenters. The van der Waals surface area contributed by atoms with Gasteiger partial charge in [0.25, 0.3) is 0 Å². The molecule has 4 aromatic rings. The lowest BCUT2D eigenvalue weighted by Gasteiger charge is -2.20. The van der Waals surface area contributed by atoms with Crippen molar-refractivity contribution in [2.45, 2.75) is 36.8 Å². The molecule has 0 aliphatic heterocycles. The summed E-state index contributed by atoms with van der Waals surface area (Å²) in [5.74, 6) is -0.172. The third-order valence-corrected chi connectivity index (χ3v) is 7.52. The standard InChI is InChI=1S/C31H29ClN2O2S/c1-3-23-11-7-8-21(2)29(23)34-31(36)30(24-9-5-4-6-10-24)37-27-18-16-26(17-19-27)33-28(35)20-22-12-14-25(32)15-13-22/h4-19,30H,3,20H2,1-2H3,(H,33,35)(H,34,36). The lowest BCUT2D eigenvalue weighted by atomic mass is 10.1. The van der Waals surface area contributed by atoms with Gasteiger partial charge in [0.1, 0.15) is 5.25 Å². The van der Waals surface area contributed by atoms with Crippen molar-refractivity contribution in [3.05, 3.63) is 124 Å². The summed E-state index contributed by atoms with van der Waals surface area (Å²) >= 11 is 7.40. The van der Waals surface area contributed by atoms with Gasteiger partial charge in [0, 0.05) is 21.3 Å². The number of hydrogen-bond donors (Lipinski definition) is 2. The van der Waals surface area contributed by atoms with E-state index < -0.39 is 5.25 Å². The minimum absolute atomic E-state index is 0.0689. The number of anilines is 2. The molecule has 1 atom stereocenters. The van der Waals surface area contributed by atoms with Crippen LogP contribution in [0.1, 0.15) is 34.4 Å². The molecule has 0 spiro atoms. The molecule has 4 rings (SSSR count). The maximum absolute atomic E-state index is 13.5. The van der Waals surface area contributed by atoms with Gasteiger partial charge in [-0.15, -0.1) is 11.8 Å². The third kappa shape index (κ3) is 7.25. The van der Waals surface area contributed by atoms with Crippen LogP contribution in [0.4, 0.5) is 11.4 Å². The monoisotopic (exact) mass is 528 g/mol. The van der Waals surface area contributed by atoms with Crippen molar-refractivity contribution < 1.29 is 9.59 Å². The predicted octanol–water partition coefficient (Wildman–Crippen LogP) is 7.86. The molecule has 2 amide bonds. The van der Waals surface area contributed by atoms with Gasteiger partial charge in [-0.1, -0.05) is 79.2 Å². The van der Waals surface area contributed by atoms with Crippen LogP contribution in [0.15, 0.2) is 102 Å². The number of para-hydroxylation sites is 1. The van der Waals surface area contributed by atoms with E-state index in [-0.39, 0.29) is 18.2 Å². The van der Waals surface area contributed by atoms with E-state index in [9.17, 15) is 9.59 Å². The lowest BCUT2D eigenvalue weighted by Crippen LogP contribution is -2.20. The molecule has 0 saturated carbocycles. The summed E-state index contributed by atoms with van der Waals surface area (Å²) in [5, 5.41) is 6.33. The van der Waals surface area contributed by atoms with Gasteiger partial charge in [-0.3, -0.25) is 9.59 Å². The van der Waals surface area contributed by atoms with E-state index in [2.05, 4.69) is 17.6 Å². The first-order chi connectivity index (χ1) is 17.9. The van der Waals surface area contributed by atoms with Gasteiger partial charge in [0.15, 0.2) is 0 Å². The number of nitrogens with one attached hydrogen (secondary N) is 2. The quantitative estimate of drug-likeness (QED) is 0.217. The zero-order valence-electron chi connectivity index (χ0n) is 20.8. The first-order valence-corrected chi connectivity index (χ1v) is 13.4. The van der Waals surface area contributed by atoms with Crippen LogP contribution in [0, 0.1) is 6.92 Å². The van der Waals surface area contributed by atoms with Gasteiger partial charge in [-0.2, -0.15) is 0 Å². The van der Waals surface area contributed by atoms with Crippen LogP contribution in [-0.2, 0) is 22.4 Å². The number of carbonyl (C=O) groups is 2. The second-order valence-electron chi connectivity index (χ2n) is 8.74. The van der Waals surface area contributed by atoms with Crippen LogP contribution in [0.2, 0.25) is 5.02 Å². The van der Waals surface area contributed by atoms with Crippen LogP contribution in [0.3, 0.4) is 0 Å². The summed E-state index contributed by atoms with van der Waals surface area (Å²) in [6.07, 6.45) is 1.11. The van der Waals surface area contributed by atoms with Crippen molar-refractivity contribution in [2.24, 2.45) is 0 Å². The summed E-state index contributed by atoms with van der Waals surface area (Å²) in [6.45, 7) is 4.10. The van der Waals surface area contributed by atoms with Gasteiger partial charge in [0.2, 0.25) is 11.8 Å². The zero-order valence-corrected chi connectivity index (χ0v) is 22.4. The van der Waals surface area contributed by atoms with Crippen LogP contribution in [0.5, 0.6) is 0 Å². The maximum atomic E-state index is 13.5. The average molecular weight is 529 g/mol. The number of amides is 2. The van der Waals surface area contributed by atoms with Crippen molar-refractivity contribution in [1.82, 2.24) is 0 Å². The van der Waals surface area contributed by atoms with E-state index in [1.807, 2.05) is 91.9 Å². The van der Waals surface area contributed by atoms with Gasteiger partial charge >= 0.3 is 0 Å². The fourth-order valence-corrected chi connectivity index (χ4v) is 5.19. The minimum Gasteiger partial charge on any atom is -0.326 e. The Balaban J connectivity index is 1.47. The van der Waals surface area contributed by atoms with Crippen LogP contribution >= 0.6 is 23.4 Å². The molecule has 37 heavy (non-hydrogen) atoms. The van der Waals surface area contributed by atoms with E-state index in [0.29, 0.717) is 10.7 Å². The Bertz CT molecular complexity index is 1360. The van der Waals surface area contributed by atoms with Crippen molar-refractivity contribution in [1.29, 1.82) is 0 Å². The molecule has 0 aromatic heterocycles. The highest BCUT2D eigenvalue weighted by Gasteiger charge is 2.23. The van der Waals surface area contributed by atoms with Gasteiger partial charge in [-0.25, -0.2) is 0 Å². The first-order valence-electron chi connectivity index (χ1n) is 12.2. The summed E-state index contributed by atoms with van der Waals surface area (Å²) in [4.78, 5) is 26.9. The molecule has 2 N–H and O–H groups in total.